The Labute approximate surface area is 124 Å². The van der Waals surface area contributed by atoms with E-state index in [2.05, 4.69) is 9.80 Å². The Morgan fingerprint density at radius 3 is 2.14 bits per heavy atom. The van der Waals surface area contributed by atoms with Gasteiger partial charge in [-0.3, -0.25) is 9.80 Å². The Hall–Kier alpha value is -1.20. The van der Waals surface area contributed by atoms with Gasteiger partial charge in [0.15, 0.2) is 17.4 Å². The van der Waals surface area contributed by atoms with E-state index >= 15 is 0 Å². The summed E-state index contributed by atoms with van der Waals surface area (Å²) < 4.78 is 26.7. The summed E-state index contributed by atoms with van der Waals surface area (Å²) >= 11 is 0. The highest BCUT2D eigenvalue weighted by atomic mass is 19.1. The smallest absolute Gasteiger partial charge is 0.187 e. The summed E-state index contributed by atoms with van der Waals surface area (Å²) in [4.78, 5) is 4.78. The third-order valence-electron chi connectivity index (χ3n) is 4.73. The van der Waals surface area contributed by atoms with E-state index in [0.717, 1.165) is 32.2 Å². The normalized spacial score (nSPS) is 22.0. The van der Waals surface area contributed by atoms with E-state index < -0.39 is 17.4 Å². The van der Waals surface area contributed by atoms with Crippen molar-refractivity contribution in [2.75, 3.05) is 26.2 Å². The zero-order valence-electron chi connectivity index (χ0n) is 12.2. The minimum absolute atomic E-state index is 0.534. The highest BCUT2D eigenvalue weighted by Crippen LogP contribution is 2.25. The molecule has 2 aliphatic rings. The summed E-state index contributed by atoms with van der Waals surface area (Å²) in [5.41, 5.74) is 0.581. The lowest BCUT2D eigenvalue weighted by molar-refractivity contribution is 0.0935. The zero-order valence-corrected chi connectivity index (χ0v) is 12.2. The lowest BCUT2D eigenvalue weighted by Gasteiger charge is -2.38. The molecule has 5 heteroatoms. The Bertz CT molecular complexity index is 472. The van der Waals surface area contributed by atoms with Crippen LogP contribution in [0.1, 0.15) is 31.2 Å². The van der Waals surface area contributed by atoms with Crippen molar-refractivity contribution in [3.05, 3.63) is 29.3 Å². The first-order valence-corrected chi connectivity index (χ1v) is 7.77. The van der Waals surface area contributed by atoms with Crippen LogP contribution in [0, 0.1) is 11.6 Å². The van der Waals surface area contributed by atoms with Crippen LogP contribution in [0.2, 0.25) is 0 Å². The Morgan fingerprint density at radius 1 is 1.00 bits per heavy atom. The van der Waals surface area contributed by atoms with E-state index in [9.17, 15) is 8.78 Å². The van der Waals surface area contributed by atoms with Crippen LogP contribution in [0.5, 0.6) is 5.75 Å². The van der Waals surface area contributed by atoms with Crippen molar-refractivity contribution in [2.24, 2.45) is 0 Å². The first-order valence-electron chi connectivity index (χ1n) is 7.77. The van der Waals surface area contributed by atoms with Crippen molar-refractivity contribution >= 4 is 0 Å². The number of piperazine rings is 1. The fraction of sp³-hybridized carbons (Fsp3) is 0.625. The number of benzene rings is 1. The van der Waals surface area contributed by atoms with Gasteiger partial charge in [0.2, 0.25) is 0 Å². The number of rotatable bonds is 3. The number of phenolic OH excluding ortho intramolecular Hbond substituents is 1. The van der Waals surface area contributed by atoms with E-state index in [1.54, 1.807) is 0 Å². The van der Waals surface area contributed by atoms with E-state index in [-0.39, 0.29) is 0 Å². The third-order valence-corrected chi connectivity index (χ3v) is 4.73. The second-order valence-corrected chi connectivity index (χ2v) is 6.16. The standard InChI is InChI=1S/C16H22F2N2O/c17-14-9-12(10-15(18)16(14)21)11-19-5-7-20(8-6-19)13-3-1-2-4-13/h9-10,13,21H,1-8,11H2. The summed E-state index contributed by atoms with van der Waals surface area (Å²) in [6.45, 7) is 4.47. The van der Waals surface area contributed by atoms with Crippen LogP contribution in [-0.4, -0.2) is 47.1 Å². The first-order chi connectivity index (χ1) is 10.1. The van der Waals surface area contributed by atoms with Crippen LogP contribution < -0.4 is 0 Å². The quantitative estimate of drug-likeness (QED) is 0.929. The van der Waals surface area contributed by atoms with Crippen LogP contribution >= 0.6 is 0 Å². The molecule has 0 aromatic heterocycles. The van der Waals surface area contributed by atoms with Gasteiger partial charge in [0.05, 0.1) is 0 Å². The number of halogens is 2. The molecule has 0 unspecified atom stereocenters. The van der Waals surface area contributed by atoms with Gasteiger partial charge in [-0.05, 0) is 30.5 Å². The molecule has 0 atom stereocenters. The summed E-state index contributed by atoms with van der Waals surface area (Å²) in [6, 6.07) is 3.19. The topological polar surface area (TPSA) is 26.7 Å². The number of hydrogen-bond donors (Lipinski definition) is 1. The maximum Gasteiger partial charge on any atom is 0.187 e. The highest BCUT2D eigenvalue weighted by Gasteiger charge is 2.26. The van der Waals surface area contributed by atoms with Gasteiger partial charge in [0, 0.05) is 38.8 Å². The van der Waals surface area contributed by atoms with Gasteiger partial charge in [-0.25, -0.2) is 8.78 Å². The molecule has 1 aliphatic carbocycles. The Kier molecular flexibility index (Phi) is 4.40. The lowest BCUT2D eigenvalue weighted by atomic mass is 10.1. The Balaban J connectivity index is 1.55. The molecule has 116 valence electrons. The van der Waals surface area contributed by atoms with E-state index in [1.807, 2.05) is 0 Å². The van der Waals surface area contributed by atoms with Gasteiger partial charge in [0.25, 0.3) is 0 Å². The summed E-state index contributed by atoms with van der Waals surface area (Å²) in [7, 11) is 0. The molecule has 1 N–H and O–H groups in total. The molecule has 1 saturated carbocycles. The second-order valence-electron chi connectivity index (χ2n) is 6.16. The van der Waals surface area contributed by atoms with Crippen LogP contribution in [0.3, 0.4) is 0 Å². The molecule has 3 nitrogen and oxygen atoms in total. The van der Waals surface area contributed by atoms with Gasteiger partial charge in [-0.1, -0.05) is 12.8 Å². The maximum atomic E-state index is 13.3. The highest BCUT2D eigenvalue weighted by molar-refractivity contribution is 5.30. The van der Waals surface area contributed by atoms with Crippen molar-refractivity contribution in [3.63, 3.8) is 0 Å². The average molecular weight is 296 g/mol. The molecule has 3 rings (SSSR count). The molecular weight excluding hydrogens is 274 g/mol. The van der Waals surface area contributed by atoms with Gasteiger partial charge in [0.1, 0.15) is 0 Å². The molecule has 1 aromatic rings. The lowest BCUT2D eigenvalue weighted by Crippen LogP contribution is -2.49. The number of nitrogens with zero attached hydrogens (tertiary/aromatic N) is 2. The molecule has 0 radical (unpaired) electrons. The second kappa shape index (κ2) is 6.28. The number of aromatic hydroxyl groups is 1. The number of phenols is 1. The maximum absolute atomic E-state index is 13.3. The zero-order chi connectivity index (χ0) is 14.8. The fourth-order valence-electron chi connectivity index (χ4n) is 3.52. The monoisotopic (exact) mass is 296 g/mol. The number of hydrogen-bond acceptors (Lipinski definition) is 3. The third kappa shape index (κ3) is 3.35. The molecule has 1 aromatic carbocycles. The van der Waals surface area contributed by atoms with Crippen molar-refractivity contribution in [3.8, 4) is 5.75 Å². The van der Waals surface area contributed by atoms with E-state index in [1.165, 1.54) is 37.8 Å². The molecule has 1 heterocycles. The van der Waals surface area contributed by atoms with Crippen LogP contribution in [-0.2, 0) is 6.54 Å². The predicted molar refractivity (Wildman–Crippen MR) is 77.1 cm³/mol. The first kappa shape index (κ1) is 14.7. The van der Waals surface area contributed by atoms with Crippen molar-refractivity contribution in [1.29, 1.82) is 0 Å². The van der Waals surface area contributed by atoms with Crippen LogP contribution in [0.15, 0.2) is 12.1 Å². The van der Waals surface area contributed by atoms with Crippen LogP contribution in [0.4, 0.5) is 8.78 Å². The van der Waals surface area contributed by atoms with Gasteiger partial charge < -0.3 is 5.11 Å². The van der Waals surface area contributed by atoms with Gasteiger partial charge >= 0.3 is 0 Å². The molecule has 0 bridgehead atoms. The summed E-state index contributed by atoms with van der Waals surface area (Å²) in [5.74, 6) is -2.64. The van der Waals surface area contributed by atoms with E-state index in [4.69, 9.17) is 5.11 Å². The van der Waals surface area contributed by atoms with Crippen molar-refractivity contribution in [1.82, 2.24) is 9.80 Å². The van der Waals surface area contributed by atoms with E-state index in [0.29, 0.717) is 12.1 Å². The molecule has 2 fully saturated rings. The molecule has 0 spiro atoms. The minimum atomic E-state index is -0.884. The fourth-order valence-corrected chi connectivity index (χ4v) is 3.52. The Morgan fingerprint density at radius 2 is 1.57 bits per heavy atom. The predicted octanol–water partition coefficient (Wildman–Crippen LogP) is 2.73. The largest absolute Gasteiger partial charge is 0.503 e. The molecule has 21 heavy (non-hydrogen) atoms. The SMILES string of the molecule is Oc1c(F)cc(CN2CCN(C3CCCC3)CC2)cc1F. The van der Waals surface area contributed by atoms with Gasteiger partial charge in [-0.15, -0.1) is 0 Å². The van der Waals surface area contributed by atoms with Crippen LogP contribution in [0.25, 0.3) is 0 Å². The minimum Gasteiger partial charge on any atom is -0.503 e. The molecule has 0 amide bonds. The molecular formula is C16H22F2N2O. The van der Waals surface area contributed by atoms with Gasteiger partial charge in [-0.2, -0.15) is 0 Å². The van der Waals surface area contributed by atoms with Crippen molar-refractivity contribution < 1.29 is 13.9 Å². The molecule has 1 aliphatic heterocycles. The average Bonchev–Trinajstić information content (AvgIpc) is 3.00. The molecule has 1 saturated heterocycles. The summed E-state index contributed by atoms with van der Waals surface area (Å²) in [5, 5.41) is 9.12. The summed E-state index contributed by atoms with van der Waals surface area (Å²) in [6.07, 6.45) is 5.32. The van der Waals surface area contributed by atoms with Crippen molar-refractivity contribution in [2.45, 2.75) is 38.3 Å².